The normalized spacial score (nSPS) is 10.8. The van der Waals surface area contributed by atoms with Crippen molar-refractivity contribution < 1.29 is 9.90 Å². The number of nitrogens with zero attached hydrogens (tertiary/aromatic N) is 1. The van der Waals surface area contributed by atoms with Crippen LogP contribution in [-0.2, 0) is 4.79 Å². The van der Waals surface area contributed by atoms with Crippen LogP contribution in [-0.4, -0.2) is 24.2 Å². The maximum atomic E-state index is 10.1. The van der Waals surface area contributed by atoms with Crippen molar-refractivity contribution in [2.45, 2.75) is 26.7 Å². The molecule has 0 aliphatic rings. The van der Waals surface area contributed by atoms with Crippen molar-refractivity contribution in [1.82, 2.24) is 5.32 Å². The third kappa shape index (κ3) is 7.29. The molecule has 0 saturated heterocycles. The monoisotopic (exact) mass is 184 g/mol. The van der Waals surface area contributed by atoms with Gasteiger partial charge in [0.05, 0.1) is 17.9 Å². The SMILES string of the molecule is CC(C)(C#N)CCNCCC(=O)O. The third-order valence-electron chi connectivity index (χ3n) is 1.75. The van der Waals surface area contributed by atoms with Crippen LogP contribution in [0.15, 0.2) is 0 Å². The summed E-state index contributed by atoms with van der Waals surface area (Å²) in [4.78, 5) is 10.1. The van der Waals surface area contributed by atoms with Gasteiger partial charge in [0.15, 0.2) is 0 Å². The predicted octanol–water partition coefficient (Wildman–Crippen LogP) is 0.991. The maximum Gasteiger partial charge on any atom is 0.304 e. The molecule has 0 aliphatic carbocycles. The van der Waals surface area contributed by atoms with Gasteiger partial charge in [-0.1, -0.05) is 0 Å². The highest BCUT2D eigenvalue weighted by molar-refractivity contribution is 5.66. The number of carboxylic acids is 1. The Balaban J connectivity index is 3.37. The summed E-state index contributed by atoms with van der Waals surface area (Å²) in [7, 11) is 0. The molecule has 0 saturated carbocycles. The Bertz CT molecular complexity index is 206. The smallest absolute Gasteiger partial charge is 0.304 e. The van der Waals surface area contributed by atoms with E-state index in [-0.39, 0.29) is 11.8 Å². The fraction of sp³-hybridized carbons (Fsp3) is 0.778. The van der Waals surface area contributed by atoms with Crippen molar-refractivity contribution in [1.29, 1.82) is 5.26 Å². The Labute approximate surface area is 78.6 Å². The number of rotatable bonds is 6. The Hall–Kier alpha value is -1.08. The van der Waals surface area contributed by atoms with Gasteiger partial charge in [0.2, 0.25) is 0 Å². The van der Waals surface area contributed by atoms with E-state index in [1.54, 1.807) is 0 Å². The zero-order chi connectivity index (χ0) is 10.3. The Morgan fingerprint density at radius 2 is 2.15 bits per heavy atom. The van der Waals surface area contributed by atoms with Crippen LogP contribution in [0.25, 0.3) is 0 Å². The molecule has 0 spiro atoms. The molecule has 0 bridgehead atoms. The van der Waals surface area contributed by atoms with Gasteiger partial charge in [-0.05, 0) is 26.8 Å². The number of hydrogen-bond acceptors (Lipinski definition) is 3. The quantitative estimate of drug-likeness (QED) is 0.604. The predicted molar refractivity (Wildman–Crippen MR) is 49.1 cm³/mol. The number of nitrogens with one attached hydrogen (secondary N) is 1. The average Bonchev–Trinajstić information content (AvgIpc) is 2.03. The van der Waals surface area contributed by atoms with E-state index in [1.165, 1.54) is 0 Å². The molecule has 4 heteroatoms. The standard InChI is InChI=1S/C9H16N2O2/c1-9(2,7-10)4-6-11-5-3-8(12)13/h11H,3-6H2,1-2H3,(H,12,13). The van der Waals surface area contributed by atoms with E-state index in [9.17, 15) is 4.79 Å². The zero-order valence-electron chi connectivity index (χ0n) is 8.13. The number of nitriles is 1. The highest BCUT2D eigenvalue weighted by atomic mass is 16.4. The minimum Gasteiger partial charge on any atom is -0.481 e. The lowest BCUT2D eigenvalue weighted by atomic mass is 9.91. The van der Waals surface area contributed by atoms with E-state index in [4.69, 9.17) is 10.4 Å². The van der Waals surface area contributed by atoms with Crippen molar-refractivity contribution in [3.05, 3.63) is 0 Å². The van der Waals surface area contributed by atoms with Gasteiger partial charge in [-0.2, -0.15) is 5.26 Å². The van der Waals surface area contributed by atoms with E-state index < -0.39 is 5.97 Å². The van der Waals surface area contributed by atoms with Crippen LogP contribution in [0.3, 0.4) is 0 Å². The molecule has 74 valence electrons. The number of carboxylic acid groups (broad SMARTS) is 1. The number of hydrogen-bond donors (Lipinski definition) is 2. The molecule has 0 aliphatic heterocycles. The number of carbonyl (C=O) groups is 1. The highest BCUT2D eigenvalue weighted by Crippen LogP contribution is 2.16. The van der Waals surface area contributed by atoms with Crippen molar-refractivity contribution in [3.8, 4) is 6.07 Å². The van der Waals surface area contributed by atoms with Gasteiger partial charge in [0.25, 0.3) is 0 Å². The molecule has 0 amide bonds. The first-order valence-corrected chi connectivity index (χ1v) is 4.32. The lowest BCUT2D eigenvalue weighted by Crippen LogP contribution is -2.23. The first-order valence-electron chi connectivity index (χ1n) is 4.32. The van der Waals surface area contributed by atoms with E-state index in [2.05, 4.69) is 11.4 Å². The lowest BCUT2D eigenvalue weighted by molar-refractivity contribution is -0.136. The minimum absolute atomic E-state index is 0.132. The third-order valence-corrected chi connectivity index (χ3v) is 1.75. The van der Waals surface area contributed by atoms with Crippen LogP contribution in [0.5, 0.6) is 0 Å². The van der Waals surface area contributed by atoms with Crippen LogP contribution in [0.2, 0.25) is 0 Å². The van der Waals surface area contributed by atoms with Crippen LogP contribution >= 0.6 is 0 Å². The largest absolute Gasteiger partial charge is 0.481 e. The van der Waals surface area contributed by atoms with Crippen molar-refractivity contribution >= 4 is 5.97 Å². The Kier molecular flexibility index (Phi) is 5.09. The van der Waals surface area contributed by atoms with Gasteiger partial charge in [-0.15, -0.1) is 0 Å². The van der Waals surface area contributed by atoms with Crippen LogP contribution < -0.4 is 5.32 Å². The maximum absolute atomic E-state index is 10.1. The van der Waals surface area contributed by atoms with Crippen molar-refractivity contribution in [2.24, 2.45) is 5.41 Å². The molecule has 2 N–H and O–H groups in total. The molecule has 0 atom stereocenters. The second-order valence-corrected chi connectivity index (χ2v) is 3.64. The molecule has 0 radical (unpaired) electrons. The summed E-state index contributed by atoms with van der Waals surface area (Å²) in [5.74, 6) is -0.799. The van der Waals surface area contributed by atoms with Gasteiger partial charge in [0.1, 0.15) is 0 Å². The molecule has 0 heterocycles. The van der Waals surface area contributed by atoms with Crippen molar-refractivity contribution in [2.75, 3.05) is 13.1 Å². The summed E-state index contributed by atoms with van der Waals surface area (Å²) in [6.07, 6.45) is 0.871. The second-order valence-electron chi connectivity index (χ2n) is 3.64. The molecular weight excluding hydrogens is 168 g/mol. The van der Waals surface area contributed by atoms with Crippen LogP contribution in [0, 0.1) is 16.7 Å². The molecule has 0 fully saturated rings. The van der Waals surface area contributed by atoms with Gasteiger partial charge < -0.3 is 10.4 Å². The summed E-state index contributed by atoms with van der Waals surface area (Å²) in [6.45, 7) is 4.89. The average molecular weight is 184 g/mol. The summed E-state index contributed by atoms with van der Waals surface area (Å²) in [6, 6.07) is 2.18. The molecule has 0 aromatic rings. The molecule has 0 aromatic carbocycles. The summed E-state index contributed by atoms with van der Waals surface area (Å²) in [5.41, 5.74) is -0.323. The Morgan fingerprint density at radius 3 is 2.62 bits per heavy atom. The molecule has 4 nitrogen and oxygen atoms in total. The molecule has 0 rings (SSSR count). The molecule has 0 unspecified atom stereocenters. The van der Waals surface area contributed by atoms with E-state index in [0.29, 0.717) is 13.1 Å². The van der Waals surface area contributed by atoms with E-state index in [0.717, 1.165) is 6.42 Å². The van der Waals surface area contributed by atoms with Gasteiger partial charge >= 0.3 is 5.97 Å². The molecule has 13 heavy (non-hydrogen) atoms. The molecule has 0 aromatic heterocycles. The zero-order valence-corrected chi connectivity index (χ0v) is 8.13. The summed E-state index contributed by atoms with van der Waals surface area (Å²) >= 11 is 0. The van der Waals surface area contributed by atoms with Gasteiger partial charge in [0, 0.05) is 6.54 Å². The first-order chi connectivity index (χ1) is 5.98. The van der Waals surface area contributed by atoms with Gasteiger partial charge in [-0.25, -0.2) is 0 Å². The lowest BCUT2D eigenvalue weighted by Gasteiger charge is -2.14. The topological polar surface area (TPSA) is 73.1 Å². The number of aliphatic carboxylic acids is 1. The second kappa shape index (κ2) is 5.55. The molecular formula is C9H16N2O2. The highest BCUT2D eigenvalue weighted by Gasteiger charge is 2.15. The van der Waals surface area contributed by atoms with E-state index >= 15 is 0 Å². The van der Waals surface area contributed by atoms with E-state index in [1.807, 2.05) is 13.8 Å². The van der Waals surface area contributed by atoms with Gasteiger partial charge in [-0.3, -0.25) is 4.79 Å². The Morgan fingerprint density at radius 1 is 1.54 bits per heavy atom. The minimum atomic E-state index is -0.799. The first kappa shape index (κ1) is 11.9. The fourth-order valence-electron chi connectivity index (χ4n) is 0.777. The summed E-state index contributed by atoms with van der Waals surface area (Å²) < 4.78 is 0. The van der Waals surface area contributed by atoms with Crippen molar-refractivity contribution in [3.63, 3.8) is 0 Å². The van der Waals surface area contributed by atoms with Crippen LogP contribution in [0.1, 0.15) is 26.7 Å². The van der Waals surface area contributed by atoms with Crippen LogP contribution in [0.4, 0.5) is 0 Å². The summed E-state index contributed by atoms with van der Waals surface area (Å²) in [5, 5.41) is 20.0. The fourth-order valence-corrected chi connectivity index (χ4v) is 0.777.